The summed E-state index contributed by atoms with van der Waals surface area (Å²) in [6.45, 7) is 2.69. The largest absolute Gasteiger partial charge is 0.319 e. The lowest BCUT2D eigenvalue weighted by Crippen LogP contribution is -2.12. The van der Waals surface area contributed by atoms with Crippen LogP contribution in [0.2, 0.25) is 0 Å². The Balaban J connectivity index is 1.57. The zero-order chi connectivity index (χ0) is 20.6. The topological polar surface area (TPSA) is 124 Å². The van der Waals surface area contributed by atoms with Crippen LogP contribution in [0.3, 0.4) is 0 Å². The molecule has 2 aromatic heterocycles. The number of nitrogens with two attached hydrogens (primary N) is 1. The number of thioether (sulfide) groups is 1. The number of hydrogen-bond donors (Lipinski definition) is 2. The maximum atomic E-state index is 12.2. The molecule has 0 aliphatic heterocycles. The SMILES string of the molecule is CCn1c(SCCc2nc3ccccc3c(=O)[nH]2)nc2cc(S(N)(=O)=O)ccc21. The summed E-state index contributed by atoms with van der Waals surface area (Å²) in [7, 11) is -3.78. The van der Waals surface area contributed by atoms with Gasteiger partial charge in [-0.2, -0.15) is 0 Å². The number of nitrogens with one attached hydrogen (secondary N) is 1. The molecule has 0 unspecified atom stereocenters. The quantitative estimate of drug-likeness (QED) is 0.453. The Bertz CT molecular complexity index is 1380. The van der Waals surface area contributed by atoms with Crippen LogP contribution in [0.15, 0.2) is 57.3 Å². The van der Waals surface area contributed by atoms with Gasteiger partial charge in [0.25, 0.3) is 5.56 Å². The number of primary sulfonamides is 1. The summed E-state index contributed by atoms with van der Waals surface area (Å²) in [6, 6.07) is 11.9. The summed E-state index contributed by atoms with van der Waals surface area (Å²) in [5, 5.41) is 6.56. The lowest BCUT2D eigenvalue weighted by molar-refractivity contribution is 0.598. The summed E-state index contributed by atoms with van der Waals surface area (Å²) in [4.78, 5) is 24.1. The van der Waals surface area contributed by atoms with E-state index in [9.17, 15) is 13.2 Å². The van der Waals surface area contributed by atoms with Crippen LogP contribution in [-0.4, -0.2) is 33.7 Å². The number of aryl methyl sites for hydroxylation is 2. The Morgan fingerprint density at radius 3 is 2.69 bits per heavy atom. The monoisotopic (exact) mass is 429 g/mol. The second-order valence-corrected chi connectivity index (χ2v) is 9.09. The van der Waals surface area contributed by atoms with Crippen LogP contribution in [0.4, 0.5) is 0 Å². The first kappa shape index (κ1) is 19.6. The summed E-state index contributed by atoms with van der Waals surface area (Å²) >= 11 is 1.53. The number of aromatic nitrogens is 4. The van der Waals surface area contributed by atoms with Gasteiger partial charge in [0.15, 0.2) is 5.16 Å². The summed E-state index contributed by atoms with van der Waals surface area (Å²) in [5.74, 6) is 1.28. The van der Waals surface area contributed by atoms with Crippen molar-refractivity contribution in [2.45, 2.75) is 29.9 Å². The van der Waals surface area contributed by atoms with Crippen LogP contribution < -0.4 is 10.7 Å². The second-order valence-electron chi connectivity index (χ2n) is 6.46. The summed E-state index contributed by atoms with van der Waals surface area (Å²) in [5.41, 5.74) is 1.96. The predicted octanol–water partition coefficient (Wildman–Crippen LogP) is 2.27. The van der Waals surface area contributed by atoms with E-state index >= 15 is 0 Å². The molecule has 0 aliphatic rings. The molecule has 0 saturated heterocycles. The Labute approximate surface area is 171 Å². The van der Waals surface area contributed by atoms with Gasteiger partial charge in [-0.1, -0.05) is 23.9 Å². The zero-order valence-corrected chi connectivity index (χ0v) is 17.3. The third-order valence-corrected chi connectivity index (χ3v) is 6.45. The first-order valence-corrected chi connectivity index (χ1v) is 11.5. The molecule has 29 heavy (non-hydrogen) atoms. The van der Waals surface area contributed by atoms with E-state index in [2.05, 4.69) is 15.0 Å². The molecule has 0 radical (unpaired) electrons. The second kappa shape index (κ2) is 7.62. The number of benzene rings is 2. The molecule has 0 amide bonds. The minimum absolute atomic E-state index is 0.0419. The summed E-state index contributed by atoms with van der Waals surface area (Å²) < 4.78 is 25.2. The molecule has 4 rings (SSSR count). The maximum absolute atomic E-state index is 12.2. The number of nitrogens with zero attached hydrogens (tertiary/aromatic N) is 3. The Hall–Kier alpha value is -2.69. The van der Waals surface area contributed by atoms with Gasteiger partial charge in [0.2, 0.25) is 10.0 Å². The van der Waals surface area contributed by atoms with Crippen LogP contribution >= 0.6 is 11.8 Å². The predicted molar refractivity (Wildman–Crippen MR) is 114 cm³/mol. The van der Waals surface area contributed by atoms with Crippen molar-refractivity contribution in [3.63, 3.8) is 0 Å². The molecular weight excluding hydrogens is 410 g/mol. The number of fused-ring (bicyclic) bond motifs is 2. The average molecular weight is 430 g/mol. The van der Waals surface area contributed by atoms with E-state index in [0.717, 1.165) is 10.7 Å². The van der Waals surface area contributed by atoms with Gasteiger partial charge in [-0.25, -0.2) is 23.5 Å². The summed E-state index contributed by atoms with van der Waals surface area (Å²) in [6.07, 6.45) is 0.570. The molecule has 0 spiro atoms. The van der Waals surface area contributed by atoms with Crippen molar-refractivity contribution < 1.29 is 8.42 Å². The first-order chi connectivity index (χ1) is 13.9. The van der Waals surface area contributed by atoms with Gasteiger partial charge in [0, 0.05) is 18.7 Å². The highest BCUT2D eigenvalue weighted by Crippen LogP contribution is 2.26. The lowest BCUT2D eigenvalue weighted by Gasteiger charge is -2.06. The highest BCUT2D eigenvalue weighted by molar-refractivity contribution is 7.99. The van der Waals surface area contributed by atoms with E-state index in [0.29, 0.717) is 41.0 Å². The van der Waals surface area contributed by atoms with E-state index in [-0.39, 0.29) is 10.5 Å². The van der Waals surface area contributed by atoms with Crippen LogP contribution in [0.25, 0.3) is 21.9 Å². The van der Waals surface area contributed by atoms with E-state index in [1.165, 1.54) is 23.9 Å². The molecule has 0 saturated carbocycles. The molecule has 0 aliphatic carbocycles. The van der Waals surface area contributed by atoms with Gasteiger partial charge >= 0.3 is 0 Å². The number of para-hydroxylation sites is 1. The molecular formula is C19H19N5O3S2. The van der Waals surface area contributed by atoms with Crippen molar-refractivity contribution in [2.24, 2.45) is 5.14 Å². The number of aromatic amines is 1. The first-order valence-electron chi connectivity index (χ1n) is 9.00. The Kier molecular flexibility index (Phi) is 5.15. The normalized spacial score (nSPS) is 12.1. The van der Waals surface area contributed by atoms with Crippen LogP contribution in [0.1, 0.15) is 12.7 Å². The fraction of sp³-hybridized carbons (Fsp3) is 0.211. The van der Waals surface area contributed by atoms with Gasteiger partial charge in [-0.05, 0) is 37.3 Å². The highest BCUT2D eigenvalue weighted by Gasteiger charge is 2.14. The molecule has 2 heterocycles. The molecule has 150 valence electrons. The van der Waals surface area contributed by atoms with Crippen molar-refractivity contribution >= 4 is 43.7 Å². The highest BCUT2D eigenvalue weighted by atomic mass is 32.2. The number of imidazole rings is 1. The molecule has 2 aromatic carbocycles. The minimum Gasteiger partial charge on any atom is -0.319 e. The average Bonchev–Trinajstić information content (AvgIpc) is 3.04. The van der Waals surface area contributed by atoms with E-state index in [4.69, 9.17) is 5.14 Å². The van der Waals surface area contributed by atoms with Gasteiger partial charge in [-0.15, -0.1) is 0 Å². The van der Waals surface area contributed by atoms with Crippen molar-refractivity contribution in [2.75, 3.05) is 5.75 Å². The number of hydrogen-bond acceptors (Lipinski definition) is 6. The molecule has 0 atom stereocenters. The standard InChI is InChI=1S/C19H19N5O3S2/c1-2-24-16-8-7-12(29(20,26)27)11-15(16)22-19(24)28-10-9-17-21-14-6-4-3-5-13(14)18(25)23-17/h3-8,11H,2,9-10H2,1H3,(H2,20,26,27)(H,21,23,25). The Morgan fingerprint density at radius 1 is 1.14 bits per heavy atom. The maximum Gasteiger partial charge on any atom is 0.258 e. The fourth-order valence-corrected chi connectivity index (χ4v) is 4.73. The molecule has 4 aromatic rings. The third-order valence-electron chi connectivity index (χ3n) is 4.56. The minimum atomic E-state index is -3.78. The van der Waals surface area contributed by atoms with Crippen molar-refractivity contribution in [3.8, 4) is 0 Å². The van der Waals surface area contributed by atoms with Gasteiger partial charge < -0.3 is 9.55 Å². The van der Waals surface area contributed by atoms with Crippen LogP contribution in [0.5, 0.6) is 0 Å². The zero-order valence-electron chi connectivity index (χ0n) is 15.6. The van der Waals surface area contributed by atoms with Crippen LogP contribution in [-0.2, 0) is 23.0 Å². The Morgan fingerprint density at radius 2 is 1.93 bits per heavy atom. The lowest BCUT2D eigenvalue weighted by atomic mass is 10.2. The van der Waals surface area contributed by atoms with E-state index in [1.807, 2.05) is 29.7 Å². The number of H-pyrrole nitrogens is 1. The fourth-order valence-electron chi connectivity index (χ4n) is 3.17. The molecule has 8 nitrogen and oxygen atoms in total. The number of rotatable bonds is 6. The van der Waals surface area contributed by atoms with Crippen molar-refractivity contribution in [3.05, 3.63) is 58.6 Å². The smallest absolute Gasteiger partial charge is 0.258 e. The molecule has 3 N–H and O–H groups in total. The van der Waals surface area contributed by atoms with E-state index in [1.54, 1.807) is 12.1 Å². The van der Waals surface area contributed by atoms with Gasteiger partial charge in [0.05, 0.1) is 26.8 Å². The molecule has 10 heteroatoms. The van der Waals surface area contributed by atoms with Crippen molar-refractivity contribution in [1.82, 2.24) is 19.5 Å². The number of sulfonamides is 1. The van der Waals surface area contributed by atoms with Gasteiger partial charge in [-0.3, -0.25) is 4.79 Å². The van der Waals surface area contributed by atoms with Gasteiger partial charge in [0.1, 0.15) is 5.82 Å². The molecule has 0 bridgehead atoms. The molecule has 0 fully saturated rings. The third kappa shape index (κ3) is 3.91. The van der Waals surface area contributed by atoms with Crippen LogP contribution in [0, 0.1) is 0 Å². The van der Waals surface area contributed by atoms with Crippen molar-refractivity contribution in [1.29, 1.82) is 0 Å². The van der Waals surface area contributed by atoms with E-state index < -0.39 is 10.0 Å².